The molecule has 9 heteroatoms. The van der Waals surface area contributed by atoms with Crippen molar-refractivity contribution in [2.24, 2.45) is 0 Å². The Bertz CT molecular complexity index is 681. The van der Waals surface area contributed by atoms with Crippen LogP contribution in [0.5, 0.6) is 0 Å². The molecule has 0 saturated carbocycles. The van der Waals surface area contributed by atoms with Crippen LogP contribution >= 0.6 is 23.1 Å². The van der Waals surface area contributed by atoms with E-state index in [1.807, 2.05) is 13.8 Å². The van der Waals surface area contributed by atoms with Gasteiger partial charge < -0.3 is 15.4 Å². The summed E-state index contributed by atoms with van der Waals surface area (Å²) in [6.07, 6.45) is 0. The van der Waals surface area contributed by atoms with Crippen LogP contribution in [0.4, 0.5) is 9.52 Å². The quantitative estimate of drug-likeness (QED) is 0.511. The second kappa shape index (κ2) is 9.69. The number of ether oxygens (including phenoxy) is 1. The summed E-state index contributed by atoms with van der Waals surface area (Å²) >= 11 is 2.75. The molecule has 0 aliphatic rings. The number of aromatic nitrogens is 2. The topological polar surface area (TPSA) is 76.1 Å². The highest BCUT2D eigenvalue weighted by Gasteiger charge is 2.19. The average Bonchev–Trinajstić information content (AvgIpc) is 3.03. The van der Waals surface area contributed by atoms with Crippen LogP contribution in [-0.4, -0.2) is 41.6 Å². The highest BCUT2D eigenvalue weighted by atomic mass is 32.2. The molecule has 2 aromatic rings. The molecule has 0 fully saturated rings. The number of hydrogen-bond acceptors (Lipinski definition) is 7. The molecule has 0 saturated heterocycles. The van der Waals surface area contributed by atoms with Crippen LogP contribution in [0.3, 0.4) is 0 Å². The third kappa shape index (κ3) is 6.26. The number of amides is 1. The number of carbonyl (C=O) groups is 1. The lowest BCUT2D eigenvalue weighted by atomic mass is 10.1. The van der Waals surface area contributed by atoms with Crippen molar-refractivity contribution in [1.82, 2.24) is 15.5 Å². The largest absolute Gasteiger partial charge is 0.383 e. The van der Waals surface area contributed by atoms with Crippen molar-refractivity contribution < 1.29 is 13.9 Å². The van der Waals surface area contributed by atoms with Gasteiger partial charge in [-0.2, -0.15) is 0 Å². The number of thioether (sulfide) groups is 1. The number of methoxy groups -OCH3 is 1. The number of rotatable bonds is 9. The normalized spacial score (nSPS) is 13.3. The van der Waals surface area contributed by atoms with Gasteiger partial charge in [0.05, 0.1) is 17.9 Å². The van der Waals surface area contributed by atoms with Crippen LogP contribution in [0.2, 0.25) is 0 Å². The molecule has 1 heterocycles. The van der Waals surface area contributed by atoms with Crippen molar-refractivity contribution in [1.29, 1.82) is 0 Å². The summed E-state index contributed by atoms with van der Waals surface area (Å²) in [5, 5.41) is 14.5. The maximum atomic E-state index is 13.0. The maximum Gasteiger partial charge on any atom is 0.233 e. The SMILES string of the molecule is COCCNc1nnc(S[C@@H](C)C(=O)N[C@H](C)c2ccc(F)cc2)s1. The molecule has 6 nitrogen and oxygen atoms in total. The first kappa shape index (κ1) is 19.6. The molecular formula is C16H21FN4O2S2. The number of benzene rings is 1. The van der Waals surface area contributed by atoms with E-state index >= 15 is 0 Å². The van der Waals surface area contributed by atoms with Gasteiger partial charge in [-0.1, -0.05) is 35.2 Å². The fourth-order valence-corrected chi connectivity index (χ4v) is 3.89. The van der Waals surface area contributed by atoms with Crippen molar-refractivity contribution in [3.8, 4) is 0 Å². The third-order valence-corrected chi connectivity index (χ3v) is 5.43. The fraction of sp³-hybridized carbons (Fsp3) is 0.438. The molecular weight excluding hydrogens is 363 g/mol. The maximum absolute atomic E-state index is 13.0. The molecule has 0 aliphatic heterocycles. The van der Waals surface area contributed by atoms with E-state index in [9.17, 15) is 9.18 Å². The Kier molecular flexibility index (Phi) is 7.60. The molecule has 1 amide bonds. The van der Waals surface area contributed by atoms with Crippen molar-refractivity contribution in [3.05, 3.63) is 35.6 Å². The lowest BCUT2D eigenvalue weighted by Gasteiger charge is -2.17. The van der Waals surface area contributed by atoms with E-state index in [0.717, 1.165) is 9.90 Å². The highest BCUT2D eigenvalue weighted by molar-refractivity contribution is 8.02. The van der Waals surface area contributed by atoms with Crippen LogP contribution in [0.25, 0.3) is 0 Å². The molecule has 1 aromatic heterocycles. The molecule has 0 bridgehead atoms. The van der Waals surface area contributed by atoms with Gasteiger partial charge in [-0.05, 0) is 31.5 Å². The summed E-state index contributed by atoms with van der Waals surface area (Å²) in [6.45, 7) is 4.92. The van der Waals surface area contributed by atoms with Gasteiger partial charge in [0.25, 0.3) is 0 Å². The molecule has 136 valence electrons. The second-order valence-corrected chi connectivity index (χ2v) is 7.90. The van der Waals surface area contributed by atoms with E-state index < -0.39 is 0 Å². The van der Waals surface area contributed by atoms with Crippen LogP contribution < -0.4 is 10.6 Å². The van der Waals surface area contributed by atoms with Gasteiger partial charge in [-0.15, -0.1) is 10.2 Å². The smallest absolute Gasteiger partial charge is 0.233 e. The Morgan fingerprint density at radius 3 is 2.72 bits per heavy atom. The van der Waals surface area contributed by atoms with Gasteiger partial charge in [-0.25, -0.2) is 4.39 Å². The molecule has 0 aliphatic carbocycles. The zero-order valence-electron chi connectivity index (χ0n) is 14.3. The molecule has 0 radical (unpaired) electrons. The molecule has 2 rings (SSSR count). The minimum absolute atomic E-state index is 0.106. The van der Waals surface area contributed by atoms with Gasteiger partial charge in [0.15, 0.2) is 4.34 Å². The van der Waals surface area contributed by atoms with E-state index in [0.29, 0.717) is 18.3 Å². The molecule has 0 unspecified atom stereocenters. The molecule has 25 heavy (non-hydrogen) atoms. The van der Waals surface area contributed by atoms with Crippen LogP contribution in [0.15, 0.2) is 28.6 Å². The third-order valence-electron chi connectivity index (χ3n) is 3.36. The summed E-state index contributed by atoms with van der Waals surface area (Å²) < 4.78 is 18.6. The average molecular weight is 385 g/mol. The van der Waals surface area contributed by atoms with Crippen molar-refractivity contribution in [2.75, 3.05) is 25.6 Å². The Morgan fingerprint density at radius 1 is 1.32 bits per heavy atom. The summed E-state index contributed by atoms with van der Waals surface area (Å²) in [5.41, 5.74) is 0.854. The number of nitrogens with one attached hydrogen (secondary N) is 2. The van der Waals surface area contributed by atoms with E-state index in [1.54, 1.807) is 19.2 Å². The predicted molar refractivity (Wildman–Crippen MR) is 98.6 cm³/mol. The van der Waals surface area contributed by atoms with Crippen LogP contribution in [-0.2, 0) is 9.53 Å². The van der Waals surface area contributed by atoms with Gasteiger partial charge in [-0.3, -0.25) is 4.79 Å². The van der Waals surface area contributed by atoms with Gasteiger partial charge in [0.2, 0.25) is 11.0 Å². The van der Waals surface area contributed by atoms with E-state index in [4.69, 9.17) is 4.74 Å². The lowest BCUT2D eigenvalue weighted by Crippen LogP contribution is -2.33. The minimum atomic E-state index is -0.317. The summed E-state index contributed by atoms with van der Waals surface area (Å²) in [4.78, 5) is 12.3. The summed E-state index contributed by atoms with van der Waals surface area (Å²) in [7, 11) is 1.64. The Labute approximate surface area is 154 Å². The monoisotopic (exact) mass is 384 g/mol. The second-order valence-electron chi connectivity index (χ2n) is 5.33. The number of nitrogens with zero attached hydrogens (tertiary/aromatic N) is 2. The first-order chi connectivity index (χ1) is 12.0. The number of halogens is 1. The van der Waals surface area contributed by atoms with Crippen LogP contribution in [0.1, 0.15) is 25.5 Å². The Morgan fingerprint density at radius 2 is 2.04 bits per heavy atom. The zero-order valence-corrected chi connectivity index (χ0v) is 15.9. The van der Waals surface area contributed by atoms with Crippen molar-refractivity contribution >= 4 is 34.1 Å². The van der Waals surface area contributed by atoms with Crippen molar-refractivity contribution in [3.63, 3.8) is 0 Å². The number of hydrogen-bond donors (Lipinski definition) is 2. The Hall–Kier alpha value is -1.71. The Balaban J connectivity index is 1.84. The van der Waals surface area contributed by atoms with Gasteiger partial charge in [0, 0.05) is 13.7 Å². The predicted octanol–water partition coefficient (Wildman–Crippen LogP) is 3.09. The summed E-state index contributed by atoms with van der Waals surface area (Å²) in [6, 6.07) is 5.91. The number of carbonyl (C=O) groups excluding carboxylic acids is 1. The standard InChI is InChI=1S/C16H21FN4O2S2/c1-10(12-4-6-13(17)7-5-12)19-14(22)11(2)24-16-21-20-15(25-16)18-8-9-23-3/h4-7,10-11H,8-9H2,1-3H3,(H,18,20)(H,19,22)/t10-,11+/m1/s1. The van der Waals surface area contributed by atoms with Crippen molar-refractivity contribution in [2.45, 2.75) is 29.5 Å². The van der Waals surface area contributed by atoms with Gasteiger partial charge >= 0.3 is 0 Å². The van der Waals surface area contributed by atoms with E-state index in [1.165, 1.54) is 35.2 Å². The molecule has 2 N–H and O–H groups in total. The highest BCUT2D eigenvalue weighted by Crippen LogP contribution is 2.29. The van der Waals surface area contributed by atoms with E-state index in [2.05, 4.69) is 20.8 Å². The van der Waals surface area contributed by atoms with Gasteiger partial charge in [0.1, 0.15) is 5.82 Å². The summed E-state index contributed by atoms with van der Waals surface area (Å²) in [5.74, 6) is -0.400. The molecule has 2 atom stereocenters. The first-order valence-corrected chi connectivity index (χ1v) is 9.48. The minimum Gasteiger partial charge on any atom is -0.383 e. The molecule has 1 aromatic carbocycles. The lowest BCUT2D eigenvalue weighted by molar-refractivity contribution is -0.120. The zero-order chi connectivity index (χ0) is 18.2. The fourth-order valence-electron chi connectivity index (χ4n) is 1.96. The van der Waals surface area contributed by atoms with E-state index in [-0.39, 0.29) is 23.0 Å². The number of anilines is 1. The van der Waals surface area contributed by atoms with Crippen LogP contribution in [0, 0.1) is 5.82 Å². The molecule has 0 spiro atoms. The first-order valence-electron chi connectivity index (χ1n) is 7.78.